The Hall–Kier alpha value is -2.67. The topological polar surface area (TPSA) is 126 Å². The van der Waals surface area contributed by atoms with E-state index in [-0.39, 0.29) is 46.9 Å². The molecule has 0 spiro atoms. The average Bonchev–Trinajstić information content (AvgIpc) is 3.32. The standard InChI is InChI=1S/C27H43N5O6S/c1-19-14-32(20(2)17-33)27(34)23-13-22(29-39(35,36)26-16-31(6)18-28-26)10-11-24(23)38-21(3)9-7-8-12-37-25(19)15-30(4)5/h10-11,13,16,18-21,25,29,33H,7-9,12,14-15,17H2,1-6H3/t19-,20+,21+,25-/m0/s1. The van der Waals surface area contributed by atoms with E-state index < -0.39 is 16.1 Å². The number of aliphatic hydroxyl groups is 1. The van der Waals surface area contributed by atoms with Crippen molar-refractivity contribution in [2.24, 2.45) is 13.0 Å². The zero-order valence-electron chi connectivity index (χ0n) is 23.8. The summed E-state index contributed by atoms with van der Waals surface area (Å²) in [7, 11) is 1.69. The highest BCUT2D eigenvalue weighted by atomic mass is 32.2. The number of hydrogen-bond acceptors (Lipinski definition) is 8. The van der Waals surface area contributed by atoms with Gasteiger partial charge in [0.15, 0.2) is 5.03 Å². The van der Waals surface area contributed by atoms with Crippen LogP contribution in [0.15, 0.2) is 35.7 Å². The first-order valence-electron chi connectivity index (χ1n) is 13.4. The Morgan fingerprint density at radius 3 is 2.64 bits per heavy atom. The van der Waals surface area contributed by atoms with Crippen molar-refractivity contribution < 1.29 is 27.8 Å². The maximum absolute atomic E-state index is 14.1. The highest BCUT2D eigenvalue weighted by molar-refractivity contribution is 7.92. The number of fused-ring (bicyclic) bond motifs is 1. The lowest BCUT2D eigenvalue weighted by molar-refractivity contribution is -0.0137. The average molecular weight is 566 g/mol. The molecule has 0 saturated carbocycles. The number of likely N-dealkylation sites (N-methyl/N-ethyl adjacent to an activating group) is 1. The first-order valence-corrected chi connectivity index (χ1v) is 14.9. The van der Waals surface area contributed by atoms with Gasteiger partial charge in [0.25, 0.3) is 15.9 Å². The molecule has 12 heteroatoms. The second kappa shape index (κ2) is 13.6. The molecule has 0 radical (unpaired) electrons. The molecule has 1 aromatic carbocycles. The summed E-state index contributed by atoms with van der Waals surface area (Å²) >= 11 is 0. The van der Waals surface area contributed by atoms with E-state index in [1.807, 2.05) is 27.9 Å². The Kier molecular flexibility index (Phi) is 10.8. The van der Waals surface area contributed by atoms with E-state index in [2.05, 4.69) is 14.6 Å². The normalized spacial score (nSPS) is 22.6. The molecular weight excluding hydrogens is 522 g/mol. The van der Waals surface area contributed by atoms with E-state index >= 15 is 0 Å². The molecule has 0 unspecified atom stereocenters. The predicted molar refractivity (Wildman–Crippen MR) is 149 cm³/mol. The number of hydrogen-bond donors (Lipinski definition) is 2. The van der Waals surface area contributed by atoms with Gasteiger partial charge < -0.3 is 28.9 Å². The monoisotopic (exact) mass is 565 g/mol. The fourth-order valence-electron chi connectivity index (χ4n) is 4.54. The summed E-state index contributed by atoms with van der Waals surface area (Å²) in [6, 6.07) is 4.21. The lowest BCUT2D eigenvalue weighted by atomic mass is 10.0. The SMILES string of the molecule is C[C@@H]1CCCCO[C@@H](CN(C)C)[C@@H](C)CN([C@H](C)CO)C(=O)c2cc(NS(=O)(=O)c3cn(C)cn3)ccc2O1. The molecule has 1 aliphatic rings. The van der Waals surface area contributed by atoms with Crippen LogP contribution in [0.3, 0.4) is 0 Å². The fourth-order valence-corrected chi connectivity index (χ4v) is 5.58. The van der Waals surface area contributed by atoms with Gasteiger partial charge in [0.05, 0.1) is 36.7 Å². The predicted octanol–water partition coefficient (Wildman–Crippen LogP) is 2.58. The number of rotatable bonds is 7. The second-order valence-corrected chi connectivity index (χ2v) is 12.4. The molecule has 2 aromatic rings. The van der Waals surface area contributed by atoms with Crippen molar-refractivity contribution in [1.82, 2.24) is 19.4 Å². The van der Waals surface area contributed by atoms with Crippen LogP contribution in [-0.2, 0) is 21.8 Å². The van der Waals surface area contributed by atoms with Gasteiger partial charge in [0, 0.05) is 44.5 Å². The molecule has 1 aromatic heterocycles. The van der Waals surface area contributed by atoms with E-state index in [9.17, 15) is 18.3 Å². The Morgan fingerprint density at radius 1 is 1.26 bits per heavy atom. The van der Waals surface area contributed by atoms with Crippen LogP contribution in [0, 0.1) is 5.92 Å². The molecule has 4 atom stereocenters. The van der Waals surface area contributed by atoms with Gasteiger partial charge in [0.2, 0.25) is 0 Å². The first kappa shape index (κ1) is 30.9. The molecule has 3 rings (SSSR count). The van der Waals surface area contributed by atoms with E-state index in [4.69, 9.17) is 9.47 Å². The summed E-state index contributed by atoms with van der Waals surface area (Å²) < 4.78 is 42.4. The molecule has 2 N–H and O–H groups in total. The molecule has 0 aliphatic carbocycles. The molecule has 39 heavy (non-hydrogen) atoms. The zero-order chi connectivity index (χ0) is 28.7. The van der Waals surface area contributed by atoms with Gasteiger partial charge in [-0.15, -0.1) is 0 Å². The molecule has 1 aliphatic heterocycles. The van der Waals surface area contributed by atoms with Crippen LogP contribution in [0.5, 0.6) is 5.75 Å². The number of carbonyl (C=O) groups is 1. The number of carbonyl (C=O) groups excluding carboxylic acids is 1. The summed E-state index contributed by atoms with van der Waals surface area (Å²) in [5.74, 6) is -0.0122. The van der Waals surface area contributed by atoms with Crippen LogP contribution in [-0.4, -0.2) is 97.4 Å². The number of ether oxygens (including phenoxy) is 2. The van der Waals surface area contributed by atoms with Crippen LogP contribution in [0.1, 0.15) is 50.4 Å². The van der Waals surface area contributed by atoms with Crippen LogP contribution in [0.25, 0.3) is 0 Å². The van der Waals surface area contributed by atoms with Crippen LogP contribution in [0.4, 0.5) is 5.69 Å². The number of sulfonamides is 1. The van der Waals surface area contributed by atoms with E-state index in [0.717, 1.165) is 19.3 Å². The number of aromatic nitrogens is 2. The number of amides is 1. The summed E-state index contributed by atoms with van der Waals surface area (Å²) in [5.41, 5.74) is 0.432. The molecule has 1 amide bonds. The maximum Gasteiger partial charge on any atom is 0.280 e. The molecule has 11 nitrogen and oxygen atoms in total. The van der Waals surface area contributed by atoms with Crippen molar-refractivity contribution in [3.05, 3.63) is 36.3 Å². The van der Waals surface area contributed by atoms with Gasteiger partial charge in [-0.3, -0.25) is 9.52 Å². The van der Waals surface area contributed by atoms with Crippen molar-refractivity contribution in [2.75, 3.05) is 45.1 Å². The molecule has 2 heterocycles. The van der Waals surface area contributed by atoms with Crippen molar-refractivity contribution >= 4 is 21.6 Å². The smallest absolute Gasteiger partial charge is 0.280 e. The quantitative estimate of drug-likeness (QED) is 0.525. The van der Waals surface area contributed by atoms with Gasteiger partial charge in [-0.25, -0.2) is 4.98 Å². The Labute approximate surface area is 232 Å². The molecular formula is C27H43N5O6S. The Balaban J connectivity index is 2.02. The van der Waals surface area contributed by atoms with Crippen LogP contribution in [0.2, 0.25) is 0 Å². The number of aliphatic hydroxyl groups excluding tert-OH is 1. The van der Waals surface area contributed by atoms with Crippen molar-refractivity contribution in [3.8, 4) is 5.75 Å². The Morgan fingerprint density at radius 2 is 2.00 bits per heavy atom. The molecule has 0 fully saturated rings. The second-order valence-electron chi connectivity index (χ2n) is 10.8. The maximum atomic E-state index is 14.1. The number of nitrogens with zero attached hydrogens (tertiary/aromatic N) is 4. The summed E-state index contributed by atoms with van der Waals surface area (Å²) in [6.45, 7) is 7.22. The number of benzene rings is 1. The summed E-state index contributed by atoms with van der Waals surface area (Å²) in [5, 5.41) is 9.91. The third-order valence-corrected chi connectivity index (χ3v) is 8.07. The first-order chi connectivity index (χ1) is 18.4. The van der Waals surface area contributed by atoms with E-state index in [1.165, 1.54) is 18.6 Å². The molecule has 0 bridgehead atoms. The van der Waals surface area contributed by atoms with Gasteiger partial charge in [-0.05, 0) is 65.4 Å². The third-order valence-electron chi connectivity index (χ3n) is 6.81. The zero-order valence-corrected chi connectivity index (χ0v) is 24.6. The van der Waals surface area contributed by atoms with Crippen LogP contribution >= 0.6 is 0 Å². The number of nitrogens with one attached hydrogen (secondary N) is 1. The van der Waals surface area contributed by atoms with Crippen LogP contribution < -0.4 is 9.46 Å². The third kappa shape index (κ3) is 8.41. The minimum Gasteiger partial charge on any atom is -0.490 e. The van der Waals surface area contributed by atoms with Gasteiger partial charge in [-0.1, -0.05) is 6.92 Å². The minimum absolute atomic E-state index is 0.0255. The minimum atomic E-state index is -3.97. The highest BCUT2D eigenvalue weighted by Crippen LogP contribution is 2.29. The lowest BCUT2D eigenvalue weighted by Crippen LogP contribution is -2.47. The van der Waals surface area contributed by atoms with E-state index in [0.29, 0.717) is 25.4 Å². The Bertz CT molecular complexity index is 1200. The van der Waals surface area contributed by atoms with Crippen molar-refractivity contribution in [3.63, 3.8) is 0 Å². The number of aryl methyl sites for hydroxylation is 1. The van der Waals surface area contributed by atoms with Gasteiger partial charge in [0.1, 0.15) is 5.75 Å². The largest absolute Gasteiger partial charge is 0.490 e. The fraction of sp³-hybridized carbons (Fsp3) is 0.630. The molecule has 0 saturated heterocycles. The summed E-state index contributed by atoms with van der Waals surface area (Å²) in [6.07, 6.45) is 5.10. The van der Waals surface area contributed by atoms with Crippen molar-refractivity contribution in [2.45, 2.75) is 63.3 Å². The highest BCUT2D eigenvalue weighted by Gasteiger charge is 2.30. The number of imidazole rings is 1. The van der Waals surface area contributed by atoms with Crippen molar-refractivity contribution in [1.29, 1.82) is 0 Å². The molecule has 218 valence electrons. The van der Waals surface area contributed by atoms with E-state index in [1.54, 1.807) is 35.6 Å². The lowest BCUT2D eigenvalue weighted by Gasteiger charge is -2.35. The van der Waals surface area contributed by atoms with Gasteiger partial charge in [-0.2, -0.15) is 8.42 Å². The van der Waals surface area contributed by atoms with Gasteiger partial charge >= 0.3 is 0 Å². The number of anilines is 1. The summed E-state index contributed by atoms with van der Waals surface area (Å²) in [4.78, 5) is 21.7.